The van der Waals surface area contributed by atoms with Gasteiger partial charge in [0.25, 0.3) is 0 Å². The summed E-state index contributed by atoms with van der Waals surface area (Å²) in [6.45, 7) is 0. The van der Waals surface area contributed by atoms with E-state index in [4.69, 9.17) is 0 Å². The van der Waals surface area contributed by atoms with Gasteiger partial charge in [-0.2, -0.15) is 0 Å². The molecule has 40 valence electrons. The Morgan fingerprint density at radius 1 is 0.667 bits per heavy atom. The van der Waals surface area contributed by atoms with Crippen molar-refractivity contribution < 1.29 is 72.7 Å². The third-order valence-electron chi connectivity index (χ3n) is 0. The Balaban J connectivity index is 0. The number of hydrogen-bond donors (Lipinski definition) is 0. The van der Waals surface area contributed by atoms with Crippen molar-refractivity contribution >= 4 is 11.0 Å². The molecule has 0 N–H and O–H groups in total. The van der Waals surface area contributed by atoms with Gasteiger partial charge in [-0.15, -0.1) is 0 Å². The van der Waals surface area contributed by atoms with Crippen molar-refractivity contribution in [2.45, 2.75) is 0 Å². The van der Waals surface area contributed by atoms with Crippen LogP contribution in [0.5, 0.6) is 0 Å². The molecular weight excluding hydrogens is 328 g/mol. The minimum atomic E-state index is 0. The SMILES string of the molecule is [Br-].[Br-].[Br-].[CH3-].[SiH4].[Ti+4]. The van der Waals surface area contributed by atoms with Gasteiger partial charge in [0, 0.05) is 0 Å². The van der Waals surface area contributed by atoms with Crippen molar-refractivity contribution in [3.8, 4) is 0 Å². The predicted octanol–water partition coefficient (Wildman–Crippen LogP) is -9.99. The molecule has 0 spiro atoms. The molecule has 0 aliphatic carbocycles. The maximum absolute atomic E-state index is 0. The third kappa shape index (κ3) is 32.7. The van der Waals surface area contributed by atoms with Crippen molar-refractivity contribution in [2.24, 2.45) is 0 Å². The summed E-state index contributed by atoms with van der Waals surface area (Å²) in [7, 11) is 0. The fourth-order valence-electron chi connectivity index (χ4n) is 0. The van der Waals surface area contributed by atoms with E-state index >= 15 is 0 Å². The van der Waals surface area contributed by atoms with E-state index in [1.54, 1.807) is 0 Å². The Kier molecular flexibility index (Phi) is 718. The van der Waals surface area contributed by atoms with Crippen molar-refractivity contribution in [2.75, 3.05) is 0 Å². The Bertz CT molecular complexity index is 10.8. The molecule has 0 aromatic rings. The van der Waals surface area contributed by atoms with Crippen LogP contribution in [0.4, 0.5) is 0 Å². The van der Waals surface area contributed by atoms with Crippen LogP contribution in [0.25, 0.3) is 0 Å². The molecule has 0 aliphatic rings. The Labute approximate surface area is 90.1 Å². The standard InChI is InChI=1S/CH3.3BrH.H4Si.Ti/h1H3;3*1H;1H4;/q-1;;;;;+4/p-3. The quantitative estimate of drug-likeness (QED) is 0.305. The van der Waals surface area contributed by atoms with E-state index in [2.05, 4.69) is 0 Å². The molecule has 0 fully saturated rings. The topological polar surface area (TPSA) is 0 Å². The fraction of sp³-hybridized carbons (Fsp3) is 0. The van der Waals surface area contributed by atoms with Gasteiger partial charge in [-0.1, -0.05) is 0 Å². The minimum absolute atomic E-state index is 0. The van der Waals surface area contributed by atoms with Crippen molar-refractivity contribution in [1.29, 1.82) is 0 Å². The molecule has 0 saturated heterocycles. The van der Waals surface area contributed by atoms with Gasteiger partial charge in [0.1, 0.15) is 0 Å². The van der Waals surface area contributed by atoms with Gasteiger partial charge in [0.15, 0.2) is 0 Å². The zero-order chi connectivity index (χ0) is 0. The number of halogens is 3. The molecule has 6 heavy (non-hydrogen) atoms. The first-order chi connectivity index (χ1) is 0. The zero-order valence-electron chi connectivity index (χ0n) is 2.63. The average molecular weight is 335 g/mol. The van der Waals surface area contributed by atoms with E-state index < -0.39 is 0 Å². The van der Waals surface area contributed by atoms with Crippen molar-refractivity contribution in [3.05, 3.63) is 7.43 Å². The first kappa shape index (κ1) is 80.9. The van der Waals surface area contributed by atoms with Gasteiger partial charge in [-0.3, -0.25) is 0 Å². The van der Waals surface area contributed by atoms with Crippen LogP contribution in [0.2, 0.25) is 0 Å². The molecule has 0 aliphatic heterocycles. The smallest absolute Gasteiger partial charge is 1.00 e. The van der Waals surface area contributed by atoms with Gasteiger partial charge in [0.05, 0.1) is 0 Å². The van der Waals surface area contributed by atoms with E-state index in [0.717, 1.165) is 0 Å². The average Bonchev–Trinajstić information content (AvgIpc) is 0. The molecule has 5 heteroatoms. The maximum atomic E-state index is 0. The van der Waals surface area contributed by atoms with Gasteiger partial charge < -0.3 is 58.4 Å². The maximum Gasteiger partial charge on any atom is 4.00 e. The van der Waals surface area contributed by atoms with E-state index in [-0.39, 0.29) is 91.1 Å². The second-order valence-corrected chi connectivity index (χ2v) is 0. The molecule has 0 heterocycles. The molecule has 0 aromatic carbocycles. The molecule has 0 radical (unpaired) electrons. The molecule has 0 atom stereocenters. The Hall–Kier alpha value is 2.37. The minimum Gasteiger partial charge on any atom is -1.00 e. The molecule has 0 nitrogen and oxygen atoms in total. The Morgan fingerprint density at radius 3 is 0.667 bits per heavy atom. The van der Waals surface area contributed by atoms with Crippen LogP contribution >= 0.6 is 0 Å². The van der Waals surface area contributed by atoms with E-state index in [0.29, 0.717) is 0 Å². The molecule has 0 saturated carbocycles. The van der Waals surface area contributed by atoms with Crippen LogP contribution in [0.15, 0.2) is 0 Å². The monoisotopic (exact) mass is 332 g/mol. The summed E-state index contributed by atoms with van der Waals surface area (Å²) in [6.07, 6.45) is 0. The summed E-state index contributed by atoms with van der Waals surface area (Å²) in [5.74, 6) is 0. The molecule has 0 aromatic heterocycles. The molecule has 0 bridgehead atoms. The summed E-state index contributed by atoms with van der Waals surface area (Å²) in [5.41, 5.74) is 0. The Morgan fingerprint density at radius 2 is 0.667 bits per heavy atom. The van der Waals surface area contributed by atoms with Crippen LogP contribution < -0.4 is 50.9 Å². The van der Waals surface area contributed by atoms with Gasteiger partial charge in [0.2, 0.25) is 0 Å². The van der Waals surface area contributed by atoms with Gasteiger partial charge in [-0.05, 0) is 11.0 Å². The second kappa shape index (κ2) is 53.2. The van der Waals surface area contributed by atoms with Crippen LogP contribution in [0, 0.1) is 7.43 Å². The summed E-state index contributed by atoms with van der Waals surface area (Å²) >= 11 is 0. The van der Waals surface area contributed by atoms with Crippen LogP contribution in [0.1, 0.15) is 0 Å². The summed E-state index contributed by atoms with van der Waals surface area (Å²) in [4.78, 5) is 0. The summed E-state index contributed by atoms with van der Waals surface area (Å²) in [6, 6.07) is 0. The largest absolute Gasteiger partial charge is 4.00 e. The fourth-order valence-corrected chi connectivity index (χ4v) is 0. The van der Waals surface area contributed by atoms with Crippen LogP contribution in [-0.2, 0) is 21.7 Å². The van der Waals surface area contributed by atoms with Crippen molar-refractivity contribution in [3.63, 3.8) is 0 Å². The van der Waals surface area contributed by atoms with Crippen molar-refractivity contribution in [1.82, 2.24) is 0 Å². The summed E-state index contributed by atoms with van der Waals surface area (Å²) in [5, 5.41) is 0. The van der Waals surface area contributed by atoms with E-state index in [1.165, 1.54) is 0 Å². The van der Waals surface area contributed by atoms with Gasteiger partial charge in [-0.25, -0.2) is 0 Å². The van der Waals surface area contributed by atoms with Crippen LogP contribution in [-0.4, -0.2) is 11.0 Å². The molecule has 0 unspecified atom stereocenters. The zero-order valence-corrected chi connectivity index (χ0v) is 8.95. The predicted molar refractivity (Wildman–Crippen MR) is 17.7 cm³/mol. The first-order valence-electron chi connectivity index (χ1n) is 0. The molecule has 0 rings (SSSR count). The van der Waals surface area contributed by atoms with Crippen LogP contribution in [0.3, 0.4) is 0 Å². The number of rotatable bonds is 0. The molecule has 0 amide bonds. The van der Waals surface area contributed by atoms with E-state index in [1.807, 2.05) is 0 Å². The normalized spacial score (nSPS) is 0. The third-order valence-corrected chi connectivity index (χ3v) is 0. The van der Waals surface area contributed by atoms with Gasteiger partial charge >= 0.3 is 21.7 Å². The summed E-state index contributed by atoms with van der Waals surface area (Å²) < 4.78 is 0. The molecular formula is CH7Br3SiTi. The van der Waals surface area contributed by atoms with E-state index in [9.17, 15) is 0 Å². The first-order valence-corrected chi connectivity index (χ1v) is 0. The number of hydrogen-bond acceptors (Lipinski definition) is 0. The second-order valence-electron chi connectivity index (χ2n) is 0.